The molecule has 2 aromatic heterocycles. The maximum atomic E-state index is 12.8. The Bertz CT molecular complexity index is 1180. The Morgan fingerprint density at radius 3 is 2.69 bits per heavy atom. The van der Waals surface area contributed by atoms with Crippen LogP contribution in [0.4, 0.5) is 0 Å². The van der Waals surface area contributed by atoms with Gasteiger partial charge in [0.15, 0.2) is 0 Å². The first-order chi connectivity index (χ1) is 12.7. The van der Waals surface area contributed by atoms with E-state index < -0.39 is 0 Å². The number of para-hydroxylation sites is 1. The molecule has 2 aromatic carbocycles. The number of hydrogen-bond acceptors (Lipinski definition) is 5. The van der Waals surface area contributed by atoms with Crippen molar-refractivity contribution < 1.29 is 9.52 Å². The summed E-state index contributed by atoms with van der Waals surface area (Å²) in [5, 5.41) is 13.0. The van der Waals surface area contributed by atoms with E-state index in [0.29, 0.717) is 17.5 Å². The summed E-state index contributed by atoms with van der Waals surface area (Å²) in [5.74, 6) is 0.260. The third-order valence-electron chi connectivity index (χ3n) is 5.31. The van der Waals surface area contributed by atoms with Crippen LogP contribution in [0.5, 0.6) is 5.75 Å². The topological polar surface area (TPSA) is 53.7 Å². The van der Waals surface area contributed by atoms with Crippen molar-refractivity contribution in [1.29, 1.82) is 0 Å². The molecule has 0 saturated carbocycles. The third-order valence-corrected chi connectivity index (χ3v) is 6.50. The second-order valence-corrected chi connectivity index (χ2v) is 8.02. The first-order valence-electron chi connectivity index (χ1n) is 9.03. The van der Waals surface area contributed by atoms with Crippen LogP contribution in [0, 0.1) is 0 Å². The number of benzene rings is 2. The van der Waals surface area contributed by atoms with E-state index in [4.69, 9.17) is 4.42 Å². The Hall–Kier alpha value is -2.37. The highest BCUT2D eigenvalue weighted by Crippen LogP contribution is 2.41. The molecule has 1 aliphatic rings. The average molecular weight is 365 g/mol. The van der Waals surface area contributed by atoms with Crippen molar-refractivity contribution in [1.82, 2.24) is 4.90 Å². The van der Waals surface area contributed by atoms with Crippen molar-refractivity contribution in [3.63, 3.8) is 0 Å². The van der Waals surface area contributed by atoms with Gasteiger partial charge in [-0.1, -0.05) is 18.6 Å². The van der Waals surface area contributed by atoms with Crippen molar-refractivity contribution in [3.05, 3.63) is 52.4 Å². The SMILES string of the molecule is O=c1oc2ccccc2c2sc3ccc(O)c(CN4CCCCC4)c3c12. The molecule has 0 radical (unpaired) electrons. The molecule has 5 heteroatoms. The van der Waals surface area contributed by atoms with E-state index in [9.17, 15) is 9.90 Å². The second-order valence-electron chi connectivity index (χ2n) is 6.97. The summed E-state index contributed by atoms with van der Waals surface area (Å²) in [5.41, 5.74) is 1.13. The van der Waals surface area contributed by atoms with Crippen LogP contribution >= 0.6 is 11.3 Å². The molecule has 1 N–H and O–H groups in total. The van der Waals surface area contributed by atoms with Crippen LogP contribution in [-0.4, -0.2) is 23.1 Å². The fraction of sp³-hybridized carbons (Fsp3) is 0.286. The van der Waals surface area contributed by atoms with Crippen LogP contribution in [0.25, 0.3) is 31.1 Å². The van der Waals surface area contributed by atoms with Gasteiger partial charge in [0.25, 0.3) is 0 Å². The predicted octanol–water partition coefficient (Wildman–Crippen LogP) is 4.85. The lowest BCUT2D eigenvalue weighted by molar-refractivity contribution is 0.219. The summed E-state index contributed by atoms with van der Waals surface area (Å²) >= 11 is 1.60. The fourth-order valence-corrected chi connectivity index (χ4v) is 5.28. The summed E-state index contributed by atoms with van der Waals surface area (Å²) in [4.78, 5) is 15.1. The monoisotopic (exact) mass is 365 g/mol. The summed E-state index contributed by atoms with van der Waals surface area (Å²) < 4.78 is 7.55. The van der Waals surface area contributed by atoms with Crippen LogP contribution in [-0.2, 0) is 6.54 Å². The van der Waals surface area contributed by atoms with E-state index in [1.165, 1.54) is 19.3 Å². The van der Waals surface area contributed by atoms with Gasteiger partial charge < -0.3 is 9.52 Å². The summed E-state index contributed by atoms with van der Waals surface area (Å²) in [6.45, 7) is 2.74. The minimum Gasteiger partial charge on any atom is -0.508 e. The van der Waals surface area contributed by atoms with Gasteiger partial charge in [0.2, 0.25) is 0 Å². The molecule has 1 saturated heterocycles. The number of rotatable bonds is 2. The Morgan fingerprint density at radius 2 is 1.85 bits per heavy atom. The molecule has 5 rings (SSSR count). The number of phenolic OH excluding ortho intramolecular Hbond substituents is 1. The van der Waals surface area contributed by atoms with Crippen LogP contribution < -0.4 is 5.63 Å². The lowest BCUT2D eigenvalue weighted by atomic mass is 10.0. The van der Waals surface area contributed by atoms with Crippen LogP contribution in [0.1, 0.15) is 24.8 Å². The minimum absolute atomic E-state index is 0.260. The number of piperidine rings is 1. The Balaban J connectivity index is 1.82. The number of hydrogen-bond donors (Lipinski definition) is 1. The maximum Gasteiger partial charge on any atom is 0.345 e. The van der Waals surface area contributed by atoms with Crippen molar-refractivity contribution in [2.45, 2.75) is 25.8 Å². The smallest absolute Gasteiger partial charge is 0.345 e. The number of thiophene rings is 1. The van der Waals surface area contributed by atoms with Crippen molar-refractivity contribution in [2.24, 2.45) is 0 Å². The normalized spacial score (nSPS) is 16.0. The van der Waals surface area contributed by atoms with Gasteiger partial charge in [0.05, 0.1) is 10.1 Å². The summed E-state index contributed by atoms with van der Waals surface area (Å²) in [7, 11) is 0. The highest BCUT2D eigenvalue weighted by atomic mass is 32.1. The van der Waals surface area contributed by atoms with Crippen LogP contribution in [0.2, 0.25) is 0 Å². The first kappa shape index (κ1) is 15.9. The van der Waals surface area contributed by atoms with E-state index in [2.05, 4.69) is 4.90 Å². The van der Waals surface area contributed by atoms with Gasteiger partial charge in [-0.3, -0.25) is 4.90 Å². The quantitative estimate of drug-likeness (QED) is 0.516. The van der Waals surface area contributed by atoms with Gasteiger partial charge in [-0.05, 0) is 50.2 Å². The number of fused-ring (bicyclic) bond motifs is 5. The van der Waals surface area contributed by atoms with Crippen LogP contribution in [0.3, 0.4) is 0 Å². The van der Waals surface area contributed by atoms with Gasteiger partial charge in [0, 0.05) is 27.6 Å². The molecule has 0 spiro atoms. The molecule has 3 heterocycles. The minimum atomic E-state index is -0.324. The third kappa shape index (κ3) is 2.42. The summed E-state index contributed by atoms with van der Waals surface area (Å²) in [6.07, 6.45) is 3.64. The molecule has 1 fully saturated rings. The van der Waals surface area contributed by atoms with Gasteiger partial charge in [0.1, 0.15) is 11.3 Å². The number of likely N-dealkylation sites (tertiary alicyclic amines) is 1. The maximum absolute atomic E-state index is 12.8. The fourth-order valence-electron chi connectivity index (χ4n) is 4.03. The first-order valence-corrected chi connectivity index (χ1v) is 9.85. The zero-order valence-corrected chi connectivity index (χ0v) is 15.1. The molecule has 0 atom stereocenters. The zero-order valence-electron chi connectivity index (χ0n) is 14.3. The van der Waals surface area contributed by atoms with Gasteiger partial charge in [-0.15, -0.1) is 11.3 Å². The molecule has 132 valence electrons. The lowest BCUT2D eigenvalue weighted by Crippen LogP contribution is -2.29. The molecule has 0 bridgehead atoms. The second kappa shape index (κ2) is 6.11. The van der Waals surface area contributed by atoms with Crippen molar-refractivity contribution in [2.75, 3.05) is 13.1 Å². The van der Waals surface area contributed by atoms with E-state index >= 15 is 0 Å². The van der Waals surface area contributed by atoms with Crippen molar-refractivity contribution in [3.8, 4) is 5.75 Å². The van der Waals surface area contributed by atoms with E-state index in [0.717, 1.165) is 38.8 Å². The lowest BCUT2D eigenvalue weighted by Gasteiger charge is -2.27. The average Bonchev–Trinajstić information content (AvgIpc) is 3.06. The van der Waals surface area contributed by atoms with Gasteiger partial charge in [-0.25, -0.2) is 4.79 Å². The Labute approximate surface area is 154 Å². The van der Waals surface area contributed by atoms with Crippen LogP contribution in [0.15, 0.2) is 45.6 Å². The van der Waals surface area contributed by atoms with Gasteiger partial charge in [-0.2, -0.15) is 0 Å². The molecule has 26 heavy (non-hydrogen) atoms. The van der Waals surface area contributed by atoms with E-state index in [1.54, 1.807) is 17.4 Å². The Kier molecular flexibility index (Phi) is 3.72. The standard InChI is InChI=1S/C21H19NO3S/c23-15-8-9-17-18(14(15)12-22-10-4-1-5-11-22)19-20(26-17)13-6-2-3-7-16(13)25-21(19)24/h2-3,6-9,23H,1,4-5,10-12H2. The largest absolute Gasteiger partial charge is 0.508 e. The molecule has 0 unspecified atom stereocenters. The summed E-state index contributed by atoms with van der Waals surface area (Å²) in [6, 6.07) is 11.3. The highest BCUT2D eigenvalue weighted by molar-refractivity contribution is 7.26. The molecule has 4 aromatic rings. The number of phenols is 1. The van der Waals surface area contributed by atoms with Crippen molar-refractivity contribution >= 4 is 42.5 Å². The van der Waals surface area contributed by atoms with Gasteiger partial charge >= 0.3 is 5.63 Å². The Morgan fingerprint density at radius 1 is 1.04 bits per heavy atom. The molecule has 0 aliphatic carbocycles. The highest BCUT2D eigenvalue weighted by Gasteiger charge is 2.21. The molecule has 1 aliphatic heterocycles. The molecule has 0 amide bonds. The molecular formula is C21H19NO3S. The number of nitrogens with zero attached hydrogens (tertiary/aromatic N) is 1. The zero-order chi connectivity index (χ0) is 17.7. The molecule has 4 nitrogen and oxygen atoms in total. The molecular weight excluding hydrogens is 346 g/mol. The van der Waals surface area contributed by atoms with E-state index in [-0.39, 0.29) is 11.4 Å². The predicted molar refractivity (Wildman–Crippen MR) is 106 cm³/mol. The van der Waals surface area contributed by atoms with E-state index in [1.807, 2.05) is 30.3 Å². The number of aromatic hydroxyl groups is 1.